The van der Waals surface area contributed by atoms with Gasteiger partial charge in [0.25, 0.3) is 5.56 Å². The quantitative estimate of drug-likeness (QED) is 0.565. The van der Waals surface area contributed by atoms with Gasteiger partial charge in [-0.15, -0.1) is 0 Å². The van der Waals surface area contributed by atoms with Gasteiger partial charge in [-0.25, -0.2) is 9.67 Å². The summed E-state index contributed by atoms with van der Waals surface area (Å²) in [5, 5.41) is 4.88. The van der Waals surface area contributed by atoms with Crippen LogP contribution in [0.25, 0.3) is 22.4 Å². The molecule has 2 aromatic heterocycles. The van der Waals surface area contributed by atoms with E-state index in [0.29, 0.717) is 11.0 Å². The maximum absolute atomic E-state index is 13.0. The highest BCUT2D eigenvalue weighted by Gasteiger charge is 2.13. The highest BCUT2D eigenvalue weighted by atomic mass is 16.1. The third-order valence-corrected chi connectivity index (χ3v) is 4.39. The summed E-state index contributed by atoms with van der Waals surface area (Å²) in [7, 11) is 0. The first-order chi connectivity index (χ1) is 12.0. The number of rotatable bonds is 2. The van der Waals surface area contributed by atoms with Crippen LogP contribution in [0.3, 0.4) is 0 Å². The Morgan fingerprint density at radius 3 is 2.40 bits per heavy atom. The summed E-state index contributed by atoms with van der Waals surface area (Å²) in [6.07, 6.45) is 3.17. The molecule has 5 heteroatoms. The van der Waals surface area contributed by atoms with E-state index in [9.17, 15) is 4.79 Å². The molecule has 25 heavy (non-hydrogen) atoms. The lowest BCUT2D eigenvalue weighted by molar-refractivity contribution is 0.883. The molecule has 0 aliphatic rings. The lowest BCUT2D eigenvalue weighted by Gasteiger charge is -2.10. The van der Waals surface area contributed by atoms with Crippen LogP contribution < -0.4 is 5.56 Å². The largest absolute Gasteiger partial charge is 0.269 e. The molecule has 4 aromatic rings. The van der Waals surface area contributed by atoms with Gasteiger partial charge in [0.1, 0.15) is 11.7 Å². The second-order valence-corrected chi connectivity index (χ2v) is 6.34. The number of hydrogen-bond acceptors (Lipinski definition) is 3. The van der Waals surface area contributed by atoms with E-state index in [-0.39, 0.29) is 5.56 Å². The van der Waals surface area contributed by atoms with Crippen molar-refractivity contribution in [3.8, 4) is 11.4 Å². The minimum Gasteiger partial charge on any atom is -0.268 e. The summed E-state index contributed by atoms with van der Waals surface area (Å²) in [6, 6.07) is 14.0. The van der Waals surface area contributed by atoms with Gasteiger partial charge in [0.15, 0.2) is 5.65 Å². The Labute approximate surface area is 145 Å². The van der Waals surface area contributed by atoms with Gasteiger partial charge in [-0.1, -0.05) is 29.8 Å². The number of aryl methyl sites for hydroxylation is 3. The van der Waals surface area contributed by atoms with Crippen LogP contribution in [0.15, 0.2) is 59.8 Å². The summed E-state index contributed by atoms with van der Waals surface area (Å²) in [5.74, 6) is 0. The monoisotopic (exact) mass is 330 g/mol. The molecule has 4 rings (SSSR count). The smallest absolute Gasteiger partial charge is 0.268 e. The molecule has 0 unspecified atom stereocenters. The van der Waals surface area contributed by atoms with Gasteiger partial charge in [-0.3, -0.25) is 9.36 Å². The zero-order valence-corrected chi connectivity index (χ0v) is 14.4. The highest BCUT2D eigenvalue weighted by Crippen LogP contribution is 2.17. The summed E-state index contributed by atoms with van der Waals surface area (Å²) in [5.41, 5.74) is 5.49. The molecule has 0 saturated carbocycles. The van der Waals surface area contributed by atoms with Crippen molar-refractivity contribution in [1.82, 2.24) is 19.3 Å². The molecule has 0 saturated heterocycles. The maximum atomic E-state index is 13.0. The average molecular weight is 330 g/mol. The predicted molar refractivity (Wildman–Crippen MR) is 98.7 cm³/mol. The van der Waals surface area contributed by atoms with Gasteiger partial charge in [-0.05, 0) is 50.1 Å². The van der Waals surface area contributed by atoms with E-state index < -0.39 is 0 Å². The van der Waals surface area contributed by atoms with E-state index in [2.05, 4.69) is 10.1 Å². The molecule has 2 heterocycles. The van der Waals surface area contributed by atoms with Crippen LogP contribution in [-0.2, 0) is 0 Å². The highest BCUT2D eigenvalue weighted by molar-refractivity contribution is 5.75. The normalized spacial score (nSPS) is 11.2. The maximum Gasteiger partial charge on any atom is 0.269 e. The molecule has 0 fully saturated rings. The first kappa shape index (κ1) is 15.3. The van der Waals surface area contributed by atoms with Crippen LogP contribution in [0, 0.1) is 20.8 Å². The zero-order chi connectivity index (χ0) is 17.6. The predicted octanol–water partition coefficient (Wildman–Crippen LogP) is 3.50. The Morgan fingerprint density at radius 2 is 1.64 bits per heavy atom. The van der Waals surface area contributed by atoms with E-state index in [1.54, 1.807) is 21.8 Å². The number of fused-ring (bicyclic) bond motifs is 1. The molecule has 0 N–H and O–H groups in total. The van der Waals surface area contributed by atoms with E-state index in [1.165, 1.54) is 5.56 Å². The van der Waals surface area contributed by atoms with Crippen molar-refractivity contribution in [3.05, 3.63) is 82.0 Å². The number of aromatic nitrogens is 4. The summed E-state index contributed by atoms with van der Waals surface area (Å²) in [4.78, 5) is 17.5. The minimum atomic E-state index is -0.114. The van der Waals surface area contributed by atoms with Crippen LogP contribution in [0.5, 0.6) is 0 Å². The molecule has 124 valence electrons. The Bertz CT molecular complexity index is 1140. The summed E-state index contributed by atoms with van der Waals surface area (Å²) in [6.45, 7) is 6.03. The summed E-state index contributed by atoms with van der Waals surface area (Å²) < 4.78 is 3.29. The molecule has 0 amide bonds. The van der Waals surface area contributed by atoms with Gasteiger partial charge >= 0.3 is 0 Å². The average Bonchev–Trinajstić information content (AvgIpc) is 3.03. The Hall–Kier alpha value is -3.21. The van der Waals surface area contributed by atoms with E-state index in [1.807, 2.05) is 63.2 Å². The van der Waals surface area contributed by atoms with Crippen molar-refractivity contribution in [3.63, 3.8) is 0 Å². The van der Waals surface area contributed by atoms with Crippen molar-refractivity contribution in [1.29, 1.82) is 0 Å². The van der Waals surface area contributed by atoms with Crippen molar-refractivity contribution < 1.29 is 0 Å². The second kappa shape index (κ2) is 5.70. The molecule has 0 bridgehead atoms. The van der Waals surface area contributed by atoms with Crippen molar-refractivity contribution in [2.75, 3.05) is 0 Å². The first-order valence-corrected chi connectivity index (χ1v) is 8.14. The fraction of sp³-hybridized carbons (Fsp3) is 0.150. The van der Waals surface area contributed by atoms with Crippen LogP contribution >= 0.6 is 0 Å². The van der Waals surface area contributed by atoms with Crippen molar-refractivity contribution in [2.24, 2.45) is 0 Å². The fourth-order valence-electron chi connectivity index (χ4n) is 2.94. The van der Waals surface area contributed by atoms with Crippen LogP contribution in [0.4, 0.5) is 0 Å². The molecule has 0 radical (unpaired) electrons. The molecule has 2 aromatic carbocycles. The Kier molecular flexibility index (Phi) is 3.50. The standard InChI is InChI=1S/C20H18N4O/c1-13-5-8-16(9-6-13)24-19-17(11-22-24)20(25)23(12-21-19)18-10-14(2)4-7-15(18)3/h4-12H,1-3H3. The Balaban J connectivity index is 1.92. The van der Waals surface area contributed by atoms with Crippen molar-refractivity contribution >= 4 is 11.0 Å². The number of hydrogen-bond donors (Lipinski definition) is 0. The topological polar surface area (TPSA) is 52.7 Å². The van der Waals surface area contributed by atoms with E-state index >= 15 is 0 Å². The fourth-order valence-corrected chi connectivity index (χ4v) is 2.94. The van der Waals surface area contributed by atoms with Crippen LogP contribution in [0.1, 0.15) is 16.7 Å². The third-order valence-electron chi connectivity index (χ3n) is 4.39. The first-order valence-electron chi connectivity index (χ1n) is 8.14. The van der Waals surface area contributed by atoms with Gasteiger partial charge in [0.2, 0.25) is 0 Å². The molecular formula is C20H18N4O. The van der Waals surface area contributed by atoms with E-state index in [4.69, 9.17) is 0 Å². The minimum absolute atomic E-state index is 0.114. The SMILES string of the molecule is Cc1ccc(-n2ncc3c(=O)n(-c4cc(C)ccc4C)cnc32)cc1. The van der Waals surface area contributed by atoms with Crippen molar-refractivity contribution in [2.45, 2.75) is 20.8 Å². The second-order valence-electron chi connectivity index (χ2n) is 6.34. The van der Waals surface area contributed by atoms with Crippen LogP contribution in [-0.4, -0.2) is 19.3 Å². The number of nitrogens with zero attached hydrogens (tertiary/aromatic N) is 4. The molecule has 0 atom stereocenters. The summed E-state index contributed by atoms with van der Waals surface area (Å²) >= 11 is 0. The molecule has 0 aliphatic heterocycles. The molecule has 5 nitrogen and oxygen atoms in total. The van der Waals surface area contributed by atoms with Gasteiger partial charge in [0.05, 0.1) is 17.6 Å². The third kappa shape index (κ3) is 2.54. The van der Waals surface area contributed by atoms with Crippen LogP contribution in [0.2, 0.25) is 0 Å². The molecular weight excluding hydrogens is 312 g/mol. The lowest BCUT2D eigenvalue weighted by atomic mass is 10.1. The Morgan fingerprint density at radius 1 is 0.920 bits per heavy atom. The van der Waals surface area contributed by atoms with Gasteiger partial charge < -0.3 is 0 Å². The molecule has 0 spiro atoms. The zero-order valence-electron chi connectivity index (χ0n) is 14.4. The number of benzene rings is 2. The van der Waals surface area contributed by atoms with Gasteiger partial charge in [0, 0.05) is 0 Å². The molecule has 0 aliphatic carbocycles. The van der Waals surface area contributed by atoms with Gasteiger partial charge in [-0.2, -0.15) is 5.10 Å². The lowest BCUT2D eigenvalue weighted by Crippen LogP contribution is -2.19. The van der Waals surface area contributed by atoms with E-state index in [0.717, 1.165) is 22.5 Å².